The zero-order valence-electron chi connectivity index (χ0n) is 10.2. The highest BCUT2D eigenvalue weighted by atomic mass is 35.5. The molecule has 0 aromatic heterocycles. The number of carbonyl (C=O) groups is 1. The fourth-order valence-corrected chi connectivity index (χ4v) is 0.978. The van der Waals surface area contributed by atoms with E-state index in [1.807, 2.05) is 20.8 Å². The van der Waals surface area contributed by atoms with Crippen molar-refractivity contribution in [2.75, 3.05) is 5.32 Å². The van der Waals surface area contributed by atoms with Gasteiger partial charge in [-0.05, 0) is 24.3 Å². The molecule has 6 heteroatoms. The summed E-state index contributed by atoms with van der Waals surface area (Å²) in [5.41, 5.74) is 0.397. The van der Waals surface area contributed by atoms with Crippen LogP contribution in [-0.2, 0) is 4.79 Å². The molecular formula is C11H17BClNO3. The van der Waals surface area contributed by atoms with Crippen LogP contribution in [0.25, 0.3) is 0 Å². The largest absolute Gasteiger partial charge is 0.432 e. The molecule has 0 atom stereocenters. The Balaban J connectivity index is 0.000000770. The molecule has 0 unspecified atom stereocenters. The summed E-state index contributed by atoms with van der Waals surface area (Å²) in [4.78, 5) is 11.6. The minimum atomic E-state index is -0.750. The molecule has 4 nitrogen and oxygen atoms in total. The average molecular weight is 258 g/mol. The van der Waals surface area contributed by atoms with Crippen LogP contribution in [0.5, 0.6) is 0 Å². The van der Waals surface area contributed by atoms with Crippen molar-refractivity contribution in [2.24, 2.45) is 5.41 Å². The number of benzene rings is 1. The van der Waals surface area contributed by atoms with Crippen molar-refractivity contribution in [3.8, 4) is 0 Å². The number of hydrogen-bond acceptors (Lipinski definition) is 3. The number of hydrogen-bond donors (Lipinski definition) is 3. The van der Waals surface area contributed by atoms with Gasteiger partial charge in [0.1, 0.15) is 0 Å². The van der Waals surface area contributed by atoms with Crippen molar-refractivity contribution < 1.29 is 14.8 Å². The first-order chi connectivity index (χ1) is 7.81. The van der Waals surface area contributed by atoms with Crippen LogP contribution in [0.2, 0.25) is 5.02 Å². The van der Waals surface area contributed by atoms with E-state index in [1.165, 1.54) is 0 Å². The monoisotopic (exact) mass is 257 g/mol. The summed E-state index contributed by atoms with van der Waals surface area (Å²) < 4.78 is 0. The molecule has 0 saturated carbocycles. The van der Waals surface area contributed by atoms with Gasteiger partial charge in [0.15, 0.2) is 0 Å². The fraction of sp³-hybridized carbons (Fsp3) is 0.364. The van der Waals surface area contributed by atoms with E-state index in [-0.39, 0.29) is 11.3 Å². The average Bonchev–Trinajstić information content (AvgIpc) is 2.21. The molecule has 0 heterocycles. The molecule has 1 rings (SSSR count). The van der Waals surface area contributed by atoms with Crippen molar-refractivity contribution in [1.29, 1.82) is 0 Å². The standard InChI is InChI=1S/C11H14ClNO.BH3O2/c1-11(2,3)10(14)13-9-6-4-8(12)5-7-9;2-1-3/h4-7H,1-3H3,(H,13,14);1-3H. The van der Waals surface area contributed by atoms with Crippen molar-refractivity contribution in [2.45, 2.75) is 20.8 Å². The predicted molar refractivity (Wildman–Crippen MR) is 71.1 cm³/mol. The summed E-state index contributed by atoms with van der Waals surface area (Å²) >= 11 is 5.73. The topological polar surface area (TPSA) is 69.6 Å². The molecule has 0 radical (unpaired) electrons. The zero-order chi connectivity index (χ0) is 13.5. The van der Waals surface area contributed by atoms with Gasteiger partial charge in [-0.25, -0.2) is 0 Å². The summed E-state index contributed by atoms with van der Waals surface area (Å²) in [6, 6.07) is 7.07. The van der Waals surface area contributed by atoms with E-state index in [4.69, 9.17) is 21.6 Å². The van der Waals surface area contributed by atoms with Gasteiger partial charge in [-0.1, -0.05) is 32.4 Å². The number of halogens is 1. The molecule has 0 aliphatic heterocycles. The number of rotatable bonds is 1. The van der Waals surface area contributed by atoms with E-state index in [9.17, 15) is 4.79 Å². The summed E-state index contributed by atoms with van der Waals surface area (Å²) in [5.74, 6) is -0.000164. The van der Waals surface area contributed by atoms with Crippen LogP contribution in [0, 0.1) is 5.41 Å². The van der Waals surface area contributed by atoms with E-state index in [1.54, 1.807) is 24.3 Å². The SMILES string of the molecule is CC(C)(C)C(=O)Nc1ccc(Cl)cc1.OBO. The first-order valence-electron chi connectivity index (χ1n) is 5.10. The quantitative estimate of drug-likeness (QED) is 0.669. The Morgan fingerprint density at radius 1 is 1.24 bits per heavy atom. The maximum atomic E-state index is 11.6. The maximum Gasteiger partial charge on any atom is 0.432 e. The molecule has 0 saturated heterocycles. The van der Waals surface area contributed by atoms with Crippen LogP contribution in [0.15, 0.2) is 24.3 Å². The molecular weight excluding hydrogens is 240 g/mol. The molecule has 0 bridgehead atoms. The first kappa shape index (κ1) is 16.0. The molecule has 1 aromatic carbocycles. The fourth-order valence-electron chi connectivity index (χ4n) is 0.852. The van der Waals surface area contributed by atoms with Gasteiger partial charge in [0, 0.05) is 16.1 Å². The molecule has 0 fully saturated rings. The summed E-state index contributed by atoms with van der Waals surface area (Å²) in [5, 5.41) is 17.7. The minimum Gasteiger partial charge on any atom is -0.430 e. The first-order valence-corrected chi connectivity index (χ1v) is 5.47. The second kappa shape index (κ2) is 7.32. The Labute approximate surface area is 107 Å². The van der Waals surface area contributed by atoms with Crippen molar-refractivity contribution in [3.63, 3.8) is 0 Å². The van der Waals surface area contributed by atoms with Crippen LogP contribution in [0.3, 0.4) is 0 Å². The number of nitrogens with one attached hydrogen (secondary N) is 1. The smallest absolute Gasteiger partial charge is 0.430 e. The molecule has 17 heavy (non-hydrogen) atoms. The lowest BCUT2D eigenvalue weighted by Crippen LogP contribution is -2.27. The van der Waals surface area contributed by atoms with E-state index < -0.39 is 7.69 Å². The second-order valence-electron chi connectivity index (χ2n) is 4.35. The Hall–Kier alpha value is -1.04. The number of carbonyl (C=O) groups excluding carboxylic acids is 1. The zero-order valence-corrected chi connectivity index (χ0v) is 11.0. The normalized spacial score (nSPS) is 10.0. The van der Waals surface area contributed by atoms with E-state index in [0.717, 1.165) is 5.69 Å². The van der Waals surface area contributed by atoms with Crippen LogP contribution >= 0.6 is 11.6 Å². The Morgan fingerprint density at radius 2 is 1.65 bits per heavy atom. The highest BCUT2D eigenvalue weighted by Crippen LogP contribution is 2.18. The van der Waals surface area contributed by atoms with Gasteiger partial charge < -0.3 is 15.4 Å². The van der Waals surface area contributed by atoms with Crippen LogP contribution in [0.1, 0.15) is 20.8 Å². The van der Waals surface area contributed by atoms with Crippen molar-refractivity contribution in [1.82, 2.24) is 0 Å². The third kappa shape index (κ3) is 6.99. The number of amides is 1. The van der Waals surface area contributed by atoms with Gasteiger partial charge in [0.2, 0.25) is 5.91 Å². The summed E-state index contributed by atoms with van der Waals surface area (Å²) in [6.45, 7) is 5.62. The Kier molecular flexibility index (Phi) is 6.88. The lowest BCUT2D eigenvalue weighted by molar-refractivity contribution is -0.123. The molecule has 94 valence electrons. The minimum absolute atomic E-state index is 0.000164. The van der Waals surface area contributed by atoms with Gasteiger partial charge in [0.05, 0.1) is 0 Å². The Bertz CT molecular complexity index is 349. The third-order valence-electron chi connectivity index (χ3n) is 1.78. The van der Waals surface area contributed by atoms with E-state index in [0.29, 0.717) is 5.02 Å². The van der Waals surface area contributed by atoms with Crippen molar-refractivity contribution in [3.05, 3.63) is 29.3 Å². The predicted octanol–water partition coefficient (Wildman–Crippen LogP) is 1.56. The van der Waals surface area contributed by atoms with Crippen molar-refractivity contribution >= 4 is 30.9 Å². The molecule has 1 amide bonds. The maximum absolute atomic E-state index is 11.6. The molecule has 0 aliphatic carbocycles. The Morgan fingerprint density at radius 3 is 2.00 bits per heavy atom. The molecule has 0 aliphatic rings. The molecule has 1 aromatic rings. The third-order valence-corrected chi connectivity index (χ3v) is 2.04. The van der Waals surface area contributed by atoms with E-state index in [2.05, 4.69) is 5.32 Å². The lowest BCUT2D eigenvalue weighted by atomic mass is 9.95. The summed E-state index contributed by atoms with van der Waals surface area (Å²) in [6.07, 6.45) is 0. The van der Waals surface area contributed by atoms with Crippen LogP contribution in [0.4, 0.5) is 5.69 Å². The van der Waals surface area contributed by atoms with E-state index >= 15 is 0 Å². The molecule has 3 N–H and O–H groups in total. The van der Waals surface area contributed by atoms with Gasteiger partial charge in [-0.2, -0.15) is 0 Å². The van der Waals surface area contributed by atoms with Crippen LogP contribution in [-0.4, -0.2) is 23.6 Å². The summed E-state index contributed by atoms with van der Waals surface area (Å²) in [7, 11) is -0.750. The van der Waals surface area contributed by atoms with Gasteiger partial charge >= 0.3 is 7.69 Å². The van der Waals surface area contributed by atoms with Crippen LogP contribution < -0.4 is 5.32 Å². The highest BCUT2D eigenvalue weighted by molar-refractivity contribution is 6.30. The second-order valence-corrected chi connectivity index (χ2v) is 4.79. The lowest BCUT2D eigenvalue weighted by Gasteiger charge is -2.17. The van der Waals surface area contributed by atoms with Gasteiger partial charge in [-0.3, -0.25) is 4.79 Å². The highest BCUT2D eigenvalue weighted by Gasteiger charge is 2.20. The molecule has 0 spiro atoms. The van der Waals surface area contributed by atoms with Gasteiger partial charge in [-0.15, -0.1) is 0 Å². The van der Waals surface area contributed by atoms with Gasteiger partial charge in [0.25, 0.3) is 0 Å². The number of anilines is 1.